The fourth-order valence-corrected chi connectivity index (χ4v) is 2.65. The molecule has 1 aliphatic rings. The average molecular weight is 279 g/mol. The maximum Gasteiger partial charge on any atom is 0.123 e. The van der Waals surface area contributed by atoms with Crippen molar-refractivity contribution in [2.24, 2.45) is 0 Å². The normalized spacial score (nSPS) is 21.1. The molecular formula is C17H26FNO. The number of halogens is 1. The molecule has 2 unspecified atom stereocenters. The van der Waals surface area contributed by atoms with Crippen LogP contribution >= 0.6 is 0 Å². The molecule has 1 aromatic rings. The van der Waals surface area contributed by atoms with E-state index in [0.29, 0.717) is 12.0 Å². The number of benzene rings is 1. The van der Waals surface area contributed by atoms with Crippen LogP contribution in [0.4, 0.5) is 4.39 Å². The van der Waals surface area contributed by atoms with Crippen LogP contribution in [-0.2, 0) is 4.74 Å². The Labute approximate surface area is 121 Å². The van der Waals surface area contributed by atoms with E-state index < -0.39 is 0 Å². The molecule has 1 N–H and O–H groups in total. The van der Waals surface area contributed by atoms with Gasteiger partial charge in [-0.3, -0.25) is 0 Å². The maximum atomic E-state index is 13.1. The van der Waals surface area contributed by atoms with E-state index in [4.69, 9.17) is 4.74 Å². The van der Waals surface area contributed by atoms with Crippen molar-refractivity contribution >= 4 is 0 Å². The molecule has 0 spiro atoms. The third kappa shape index (κ3) is 4.88. The van der Waals surface area contributed by atoms with Gasteiger partial charge >= 0.3 is 0 Å². The Morgan fingerprint density at radius 3 is 2.55 bits per heavy atom. The van der Waals surface area contributed by atoms with Crippen molar-refractivity contribution in [3.63, 3.8) is 0 Å². The minimum atomic E-state index is -0.173. The van der Waals surface area contributed by atoms with E-state index in [9.17, 15) is 4.39 Å². The van der Waals surface area contributed by atoms with Crippen LogP contribution in [0.1, 0.15) is 51.5 Å². The van der Waals surface area contributed by atoms with Crippen molar-refractivity contribution in [3.05, 3.63) is 35.6 Å². The second kappa shape index (κ2) is 6.68. The number of ether oxygens (including phenoxy) is 1. The van der Waals surface area contributed by atoms with Crippen LogP contribution < -0.4 is 5.32 Å². The van der Waals surface area contributed by atoms with Crippen molar-refractivity contribution in [1.29, 1.82) is 0 Å². The van der Waals surface area contributed by atoms with Gasteiger partial charge in [-0.05, 0) is 63.6 Å². The molecule has 1 fully saturated rings. The van der Waals surface area contributed by atoms with E-state index in [1.165, 1.54) is 5.56 Å². The first-order chi connectivity index (χ1) is 9.44. The average Bonchev–Trinajstić information content (AvgIpc) is 2.87. The lowest BCUT2D eigenvalue weighted by molar-refractivity contribution is 0.0970. The Balaban J connectivity index is 2.03. The highest BCUT2D eigenvalue weighted by molar-refractivity contribution is 5.21. The Morgan fingerprint density at radius 1 is 1.30 bits per heavy atom. The summed E-state index contributed by atoms with van der Waals surface area (Å²) in [4.78, 5) is 0. The molecule has 112 valence electrons. The molecule has 0 aliphatic carbocycles. The summed E-state index contributed by atoms with van der Waals surface area (Å²) in [5.41, 5.74) is 1.29. The predicted octanol–water partition coefficient (Wildman–Crippen LogP) is 3.87. The third-order valence-electron chi connectivity index (χ3n) is 3.79. The first-order valence-corrected chi connectivity index (χ1v) is 7.56. The lowest BCUT2D eigenvalue weighted by Crippen LogP contribution is -2.39. The first kappa shape index (κ1) is 15.5. The molecule has 0 saturated carbocycles. The summed E-state index contributed by atoms with van der Waals surface area (Å²) in [5, 5.41) is 3.56. The summed E-state index contributed by atoms with van der Waals surface area (Å²) >= 11 is 0. The highest BCUT2D eigenvalue weighted by Crippen LogP contribution is 2.27. The fraction of sp³-hybridized carbons (Fsp3) is 0.647. The summed E-state index contributed by atoms with van der Waals surface area (Å²) in [6, 6.07) is 6.91. The van der Waals surface area contributed by atoms with Crippen molar-refractivity contribution in [3.8, 4) is 0 Å². The number of nitrogens with one attached hydrogen (secondary N) is 1. The summed E-state index contributed by atoms with van der Waals surface area (Å²) < 4.78 is 18.8. The molecule has 0 aromatic heterocycles. The molecule has 1 aromatic carbocycles. The molecule has 3 heteroatoms. The molecular weight excluding hydrogens is 253 g/mol. The molecule has 2 atom stereocenters. The summed E-state index contributed by atoms with van der Waals surface area (Å²) in [7, 11) is 0. The van der Waals surface area contributed by atoms with Crippen LogP contribution in [0, 0.1) is 5.82 Å². The van der Waals surface area contributed by atoms with Gasteiger partial charge in [-0.25, -0.2) is 4.39 Å². The lowest BCUT2D eigenvalue weighted by Gasteiger charge is -2.27. The van der Waals surface area contributed by atoms with E-state index in [2.05, 4.69) is 26.1 Å². The standard InChI is InChI=1S/C17H26FNO/c1-17(2,3)19-12-14(11-16-5-4-10-20-16)13-6-8-15(18)9-7-13/h6-9,14,16,19H,4-5,10-12H2,1-3H3. The Morgan fingerprint density at radius 2 is 2.00 bits per heavy atom. The molecule has 0 amide bonds. The molecule has 2 nitrogen and oxygen atoms in total. The number of rotatable bonds is 5. The van der Waals surface area contributed by atoms with E-state index in [0.717, 1.165) is 32.4 Å². The maximum absolute atomic E-state index is 13.1. The summed E-state index contributed by atoms with van der Waals surface area (Å²) in [6.07, 6.45) is 3.67. The number of hydrogen-bond acceptors (Lipinski definition) is 2. The van der Waals surface area contributed by atoms with Gasteiger partial charge in [0.25, 0.3) is 0 Å². The third-order valence-corrected chi connectivity index (χ3v) is 3.79. The zero-order valence-electron chi connectivity index (χ0n) is 12.8. The van der Waals surface area contributed by atoms with Crippen LogP contribution in [0.3, 0.4) is 0 Å². The first-order valence-electron chi connectivity index (χ1n) is 7.56. The van der Waals surface area contributed by atoms with Gasteiger partial charge in [-0.15, -0.1) is 0 Å². The van der Waals surface area contributed by atoms with E-state index in [-0.39, 0.29) is 11.4 Å². The van der Waals surface area contributed by atoms with Gasteiger partial charge < -0.3 is 10.1 Å². The van der Waals surface area contributed by atoms with Crippen LogP contribution in [0.15, 0.2) is 24.3 Å². The van der Waals surface area contributed by atoms with Crippen molar-refractivity contribution < 1.29 is 9.13 Å². The van der Waals surface area contributed by atoms with Gasteiger partial charge in [0.15, 0.2) is 0 Å². The van der Waals surface area contributed by atoms with Crippen LogP contribution in [0.25, 0.3) is 0 Å². The molecule has 0 radical (unpaired) electrons. The summed E-state index contributed by atoms with van der Waals surface area (Å²) in [6.45, 7) is 8.28. The Kier molecular flexibility index (Phi) is 5.17. The van der Waals surface area contributed by atoms with Crippen LogP contribution in [0.5, 0.6) is 0 Å². The minimum absolute atomic E-state index is 0.0921. The van der Waals surface area contributed by atoms with Crippen LogP contribution in [-0.4, -0.2) is 24.8 Å². The van der Waals surface area contributed by atoms with Crippen LogP contribution in [0.2, 0.25) is 0 Å². The van der Waals surface area contributed by atoms with Gasteiger partial charge in [-0.1, -0.05) is 12.1 Å². The van der Waals surface area contributed by atoms with E-state index >= 15 is 0 Å². The Bertz CT molecular complexity index is 404. The van der Waals surface area contributed by atoms with Gasteiger partial charge in [0.2, 0.25) is 0 Å². The predicted molar refractivity (Wildman–Crippen MR) is 80.5 cm³/mol. The van der Waals surface area contributed by atoms with E-state index in [1.807, 2.05) is 12.1 Å². The molecule has 20 heavy (non-hydrogen) atoms. The highest BCUT2D eigenvalue weighted by atomic mass is 19.1. The SMILES string of the molecule is CC(C)(C)NCC(CC1CCCO1)c1ccc(F)cc1. The fourth-order valence-electron chi connectivity index (χ4n) is 2.65. The molecule has 1 heterocycles. The van der Waals surface area contributed by atoms with Crippen molar-refractivity contribution in [2.45, 2.75) is 57.6 Å². The summed E-state index contributed by atoms with van der Waals surface area (Å²) in [5.74, 6) is 0.200. The molecule has 2 rings (SSSR count). The molecule has 1 aliphatic heterocycles. The van der Waals surface area contributed by atoms with Gasteiger partial charge in [-0.2, -0.15) is 0 Å². The zero-order valence-corrected chi connectivity index (χ0v) is 12.8. The molecule has 1 saturated heterocycles. The Hall–Kier alpha value is -0.930. The van der Waals surface area contributed by atoms with Gasteiger partial charge in [0, 0.05) is 18.7 Å². The van der Waals surface area contributed by atoms with Gasteiger partial charge in [0.1, 0.15) is 5.82 Å². The number of hydrogen-bond donors (Lipinski definition) is 1. The van der Waals surface area contributed by atoms with Crippen molar-refractivity contribution in [2.75, 3.05) is 13.2 Å². The van der Waals surface area contributed by atoms with E-state index in [1.54, 1.807) is 12.1 Å². The smallest absolute Gasteiger partial charge is 0.123 e. The highest BCUT2D eigenvalue weighted by Gasteiger charge is 2.23. The second-order valence-electron chi connectivity index (χ2n) is 6.75. The van der Waals surface area contributed by atoms with Crippen molar-refractivity contribution in [1.82, 2.24) is 5.32 Å². The minimum Gasteiger partial charge on any atom is -0.378 e. The second-order valence-corrected chi connectivity index (χ2v) is 6.75. The quantitative estimate of drug-likeness (QED) is 0.883. The topological polar surface area (TPSA) is 21.3 Å². The molecule has 0 bridgehead atoms. The largest absolute Gasteiger partial charge is 0.378 e. The lowest BCUT2D eigenvalue weighted by atomic mass is 9.91. The monoisotopic (exact) mass is 279 g/mol. The zero-order chi connectivity index (χ0) is 14.6. The van der Waals surface area contributed by atoms with Gasteiger partial charge in [0.05, 0.1) is 6.10 Å².